The van der Waals surface area contributed by atoms with Crippen molar-refractivity contribution < 1.29 is 29.0 Å². The number of aliphatic hydroxyl groups is 1. The van der Waals surface area contributed by atoms with Gasteiger partial charge in [0.15, 0.2) is 0 Å². The third kappa shape index (κ3) is 9.46. The standard InChI is InChI=1S/C26H37NO6/c1-17-10-8-6-4-5-7-9-11-25(32)33-26(18(2)12-17)19(3)22(29)16-21(28)13-20-14-23(30)27-24(31)15-20/h4,6,9,11-12,17,19-21,26,28H,5,7-8,10,13-16H2,1-3H3,(H,27,30,31)/b6-4+,11-9+,18-12-/t17-,19+,21-,26-/m0/s1. The minimum absolute atomic E-state index is 0.120. The molecule has 7 nitrogen and oxygen atoms in total. The quantitative estimate of drug-likeness (QED) is 0.357. The van der Waals surface area contributed by atoms with Gasteiger partial charge in [0, 0.05) is 25.3 Å². The number of allylic oxidation sites excluding steroid dienone is 4. The predicted octanol–water partition coefficient (Wildman–Crippen LogP) is 3.57. The molecule has 182 valence electrons. The third-order valence-corrected chi connectivity index (χ3v) is 6.18. The van der Waals surface area contributed by atoms with E-state index in [2.05, 4.69) is 24.4 Å². The van der Waals surface area contributed by atoms with Gasteiger partial charge < -0.3 is 9.84 Å². The first kappa shape index (κ1) is 26.7. The first-order valence-electron chi connectivity index (χ1n) is 11.9. The van der Waals surface area contributed by atoms with Crippen molar-refractivity contribution in [2.45, 2.75) is 84.3 Å². The molecular weight excluding hydrogens is 422 g/mol. The van der Waals surface area contributed by atoms with Crippen LogP contribution in [0.5, 0.6) is 0 Å². The number of hydrogen-bond donors (Lipinski definition) is 2. The normalized spacial score (nSPS) is 29.0. The van der Waals surface area contributed by atoms with Crippen LogP contribution in [0.15, 0.2) is 36.0 Å². The summed E-state index contributed by atoms with van der Waals surface area (Å²) >= 11 is 0. The van der Waals surface area contributed by atoms with Gasteiger partial charge in [-0.25, -0.2) is 4.79 Å². The molecule has 0 aliphatic carbocycles. The van der Waals surface area contributed by atoms with Crippen molar-refractivity contribution in [2.75, 3.05) is 0 Å². The average molecular weight is 460 g/mol. The van der Waals surface area contributed by atoms with Crippen LogP contribution >= 0.6 is 0 Å². The summed E-state index contributed by atoms with van der Waals surface area (Å²) in [6.45, 7) is 5.67. The molecule has 2 rings (SSSR count). The van der Waals surface area contributed by atoms with Gasteiger partial charge in [-0.2, -0.15) is 0 Å². The first-order chi connectivity index (χ1) is 15.7. The number of aliphatic hydroxyl groups excluding tert-OH is 1. The third-order valence-electron chi connectivity index (χ3n) is 6.18. The Bertz CT molecular complexity index is 796. The van der Waals surface area contributed by atoms with E-state index in [1.54, 1.807) is 13.0 Å². The SMILES string of the molecule is C/C1=C/[C@@H](C)CC/C=C/CC/C=C/C(=O)O[C@@H]1[C@H](C)C(=O)C[C@@H](O)CC1CC(=O)NC(=O)C1. The van der Waals surface area contributed by atoms with E-state index < -0.39 is 24.1 Å². The summed E-state index contributed by atoms with van der Waals surface area (Å²) in [4.78, 5) is 48.5. The molecule has 33 heavy (non-hydrogen) atoms. The summed E-state index contributed by atoms with van der Waals surface area (Å²) in [7, 11) is 0. The molecule has 0 spiro atoms. The number of ketones is 1. The number of Topliss-reactive ketones (excluding diaryl/α,β-unsaturated/α-hetero) is 1. The fourth-order valence-electron chi connectivity index (χ4n) is 4.42. The van der Waals surface area contributed by atoms with Crippen LogP contribution in [0.1, 0.15) is 72.1 Å². The van der Waals surface area contributed by atoms with E-state index in [-0.39, 0.29) is 55.1 Å². The summed E-state index contributed by atoms with van der Waals surface area (Å²) in [5.41, 5.74) is 0.815. The van der Waals surface area contributed by atoms with E-state index in [1.165, 1.54) is 6.08 Å². The van der Waals surface area contributed by atoms with Gasteiger partial charge in [-0.1, -0.05) is 38.2 Å². The second-order valence-corrected chi connectivity index (χ2v) is 9.37. The van der Waals surface area contributed by atoms with Gasteiger partial charge in [-0.15, -0.1) is 0 Å². The summed E-state index contributed by atoms with van der Waals surface area (Å²) < 4.78 is 5.69. The fraction of sp³-hybridized carbons (Fsp3) is 0.615. The number of cyclic esters (lactones) is 1. The number of ether oxygens (including phenoxy) is 1. The van der Waals surface area contributed by atoms with Crippen LogP contribution in [0.4, 0.5) is 0 Å². The van der Waals surface area contributed by atoms with Crippen molar-refractivity contribution in [1.82, 2.24) is 5.32 Å². The maximum atomic E-state index is 13.0. The molecule has 2 N–H and O–H groups in total. The maximum absolute atomic E-state index is 13.0. The highest BCUT2D eigenvalue weighted by Gasteiger charge is 2.32. The minimum atomic E-state index is -0.965. The van der Waals surface area contributed by atoms with E-state index in [9.17, 15) is 24.3 Å². The summed E-state index contributed by atoms with van der Waals surface area (Å²) in [5.74, 6) is -2.07. The Morgan fingerprint density at radius 1 is 1.12 bits per heavy atom. The molecule has 2 amide bonds. The molecule has 0 aromatic carbocycles. The average Bonchev–Trinajstić information content (AvgIpc) is 2.71. The smallest absolute Gasteiger partial charge is 0.331 e. The van der Waals surface area contributed by atoms with Crippen LogP contribution in [0.2, 0.25) is 0 Å². The lowest BCUT2D eigenvalue weighted by Crippen LogP contribution is -2.40. The molecule has 0 saturated carbocycles. The molecule has 2 heterocycles. The highest BCUT2D eigenvalue weighted by Crippen LogP contribution is 2.25. The predicted molar refractivity (Wildman–Crippen MR) is 125 cm³/mol. The molecule has 4 atom stereocenters. The largest absolute Gasteiger partial charge is 0.454 e. The second kappa shape index (κ2) is 13.2. The second-order valence-electron chi connectivity index (χ2n) is 9.37. The summed E-state index contributed by atoms with van der Waals surface area (Å²) in [6.07, 6.45) is 11.7. The molecular formula is C26H37NO6. The van der Waals surface area contributed by atoms with E-state index in [4.69, 9.17) is 4.74 Å². The number of amides is 2. The van der Waals surface area contributed by atoms with Crippen molar-refractivity contribution in [3.8, 4) is 0 Å². The highest BCUT2D eigenvalue weighted by atomic mass is 16.5. The van der Waals surface area contributed by atoms with Gasteiger partial charge >= 0.3 is 5.97 Å². The zero-order chi connectivity index (χ0) is 24.4. The van der Waals surface area contributed by atoms with Crippen molar-refractivity contribution in [2.24, 2.45) is 17.8 Å². The highest BCUT2D eigenvalue weighted by molar-refractivity contribution is 5.97. The number of carbonyl (C=O) groups is 4. The van der Waals surface area contributed by atoms with Crippen LogP contribution in [0, 0.1) is 17.8 Å². The number of imide groups is 1. The van der Waals surface area contributed by atoms with Gasteiger partial charge in [0.1, 0.15) is 11.9 Å². The number of hydrogen-bond acceptors (Lipinski definition) is 6. The zero-order valence-electron chi connectivity index (χ0n) is 19.9. The Labute approximate surface area is 196 Å². The molecule has 0 aromatic rings. The molecule has 0 bridgehead atoms. The van der Waals surface area contributed by atoms with Crippen molar-refractivity contribution in [3.63, 3.8) is 0 Å². The molecule has 2 aliphatic rings. The molecule has 0 radical (unpaired) electrons. The number of carbonyl (C=O) groups excluding carboxylic acids is 4. The summed E-state index contributed by atoms with van der Waals surface area (Å²) in [5, 5.41) is 12.7. The van der Waals surface area contributed by atoms with E-state index in [0.717, 1.165) is 31.3 Å². The first-order valence-corrected chi connectivity index (χ1v) is 11.9. The molecule has 1 fully saturated rings. The van der Waals surface area contributed by atoms with Gasteiger partial charge in [-0.05, 0) is 56.4 Å². The summed E-state index contributed by atoms with van der Waals surface area (Å²) in [6, 6.07) is 0. The minimum Gasteiger partial charge on any atom is -0.454 e. The molecule has 1 saturated heterocycles. The molecule has 7 heteroatoms. The monoisotopic (exact) mass is 459 g/mol. The van der Waals surface area contributed by atoms with Crippen LogP contribution in [-0.4, -0.2) is 40.9 Å². The Balaban J connectivity index is 2.07. The van der Waals surface area contributed by atoms with E-state index in [1.807, 2.05) is 13.0 Å². The van der Waals surface area contributed by atoms with Crippen LogP contribution < -0.4 is 5.32 Å². The van der Waals surface area contributed by atoms with Crippen LogP contribution in [0.3, 0.4) is 0 Å². The lowest BCUT2D eigenvalue weighted by Gasteiger charge is -2.27. The Morgan fingerprint density at radius 2 is 1.76 bits per heavy atom. The van der Waals surface area contributed by atoms with Gasteiger partial charge in [0.25, 0.3) is 0 Å². The zero-order valence-corrected chi connectivity index (χ0v) is 19.9. The molecule has 2 aliphatic heterocycles. The van der Waals surface area contributed by atoms with E-state index >= 15 is 0 Å². The lowest BCUT2D eigenvalue weighted by atomic mass is 9.86. The number of piperidine rings is 1. The van der Waals surface area contributed by atoms with Crippen molar-refractivity contribution >= 4 is 23.6 Å². The van der Waals surface area contributed by atoms with Gasteiger partial charge in [0.05, 0.1) is 12.0 Å². The molecule has 0 aromatic heterocycles. The van der Waals surface area contributed by atoms with Crippen LogP contribution in [0.25, 0.3) is 0 Å². The van der Waals surface area contributed by atoms with Crippen LogP contribution in [-0.2, 0) is 23.9 Å². The lowest BCUT2D eigenvalue weighted by molar-refractivity contribution is -0.145. The maximum Gasteiger partial charge on any atom is 0.331 e. The topological polar surface area (TPSA) is 110 Å². The molecule has 0 unspecified atom stereocenters. The van der Waals surface area contributed by atoms with Gasteiger partial charge in [0.2, 0.25) is 11.8 Å². The number of esters is 1. The Hall–Kier alpha value is -2.54. The number of nitrogens with one attached hydrogen (secondary N) is 1. The van der Waals surface area contributed by atoms with Gasteiger partial charge in [-0.3, -0.25) is 19.7 Å². The van der Waals surface area contributed by atoms with E-state index in [0.29, 0.717) is 0 Å². The Kier molecular flexibility index (Phi) is 10.7. The fourth-order valence-corrected chi connectivity index (χ4v) is 4.42. The van der Waals surface area contributed by atoms with Crippen molar-refractivity contribution in [1.29, 1.82) is 0 Å². The Morgan fingerprint density at radius 3 is 2.45 bits per heavy atom. The van der Waals surface area contributed by atoms with Crippen molar-refractivity contribution in [3.05, 3.63) is 36.0 Å². The number of rotatable bonds is 6.